The lowest BCUT2D eigenvalue weighted by Gasteiger charge is -2.33. The van der Waals surface area contributed by atoms with Crippen LogP contribution in [-0.4, -0.2) is 73.0 Å². The van der Waals surface area contributed by atoms with Gasteiger partial charge in [0.1, 0.15) is 18.1 Å². The van der Waals surface area contributed by atoms with E-state index in [1.165, 1.54) is 23.1 Å². The van der Waals surface area contributed by atoms with E-state index in [1.54, 1.807) is 0 Å². The van der Waals surface area contributed by atoms with Crippen LogP contribution in [0.4, 0.5) is 22.4 Å². The molecule has 10 nitrogen and oxygen atoms in total. The summed E-state index contributed by atoms with van der Waals surface area (Å²) in [7, 11) is 0. The van der Waals surface area contributed by atoms with Crippen LogP contribution in [0.2, 0.25) is 5.02 Å². The highest BCUT2D eigenvalue weighted by Gasteiger charge is 2.51. The number of benzene rings is 1. The van der Waals surface area contributed by atoms with Crippen molar-refractivity contribution in [2.24, 2.45) is 0 Å². The maximum atomic E-state index is 13.8. The second-order valence-electron chi connectivity index (χ2n) is 8.85. The highest BCUT2D eigenvalue weighted by Crippen LogP contribution is 2.54. The molecule has 1 aliphatic carbocycles. The van der Waals surface area contributed by atoms with E-state index in [9.17, 15) is 27.2 Å². The lowest BCUT2D eigenvalue weighted by Crippen LogP contribution is -2.51. The first kappa shape index (κ1) is 25.0. The second-order valence-corrected chi connectivity index (χ2v) is 9.26. The number of carbonyl (C=O) groups is 2. The van der Waals surface area contributed by atoms with Crippen LogP contribution in [0.5, 0.6) is 0 Å². The number of amides is 2. The third kappa shape index (κ3) is 4.72. The Balaban J connectivity index is 1.39. The number of rotatable bonds is 5. The second kappa shape index (κ2) is 9.01. The van der Waals surface area contributed by atoms with Gasteiger partial charge in [0.25, 0.3) is 5.89 Å². The fourth-order valence-corrected chi connectivity index (χ4v) is 4.67. The Morgan fingerprint density at radius 1 is 1.11 bits per heavy atom. The minimum absolute atomic E-state index is 0.0539. The largest absolute Gasteiger partial charge is 0.465 e. The molecule has 1 saturated carbocycles. The van der Waals surface area contributed by atoms with E-state index in [2.05, 4.69) is 15.2 Å². The molecule has 3 heterocycles. The third-order valence-corrected chi connectivity index (χ3v) is 6.86. The predicted molar refractivity (Wildman–Crippen MR) is 118 cm³/mol. The van der Waals surface area contributed by atoms with E-state index in [0.717, 1.165) is 4.90 Å². The van der Waals surface area contributed by atoms with Gasteiger partial charge in [-0.1, -0.05) is 16.8 Å². The average Bonchev–Trinajstić information content (AvgIpc) is 3.28. The maximum Gasteiger partial charge on any atom is 0.433 e. The topological polar surface area (TPSA) is 118 Å². The van der Waals surface area contributed by atoms with Gasteiger partial charge in [-0.25, -0.2) is 9.18 Å². The maximum absolute atomic E-state index is 13.8. The number of piperazine rings is 1. The van der Waals surface area contributed by atoms with Gasteiger partial charge in [-0.15, -0.1) is 0 Å². The Hall–Kier alpha value is -3.68. The van der Waals surface area contributed by atoms with Crippen molar-refractivity contribution in [2.75, 3.05) is 26.2 Å². The quantitative estimate of drug-likeness (QED) is 0.489. The fraction of sp³-hybridized carbons (Fsp3) is 0.409. The molecular weight excluding hydrogens is 524 g/mol. The van der Waals surface area contributed by atoms with Crippen molar-refractivity contribution < 1.29 is 36.8 Å². The highest BCUT2D eigenvalue weighted by atomic mass is 35.5. The molecule has 37 heavy (non-hydrogen) atoms. The van der Waals surface area contributed by atoms with Crippen molar-refractivity contribution >= 4 is 23.6 Å². The third-order valence-electron chi connectivity index (χ3n) is 6.53. The zero-order valence-corrected chi connectivity index (χ0v) is 19.8. The molecule has 2 fully saturated rings. The molecular formula is C22H19ClF4N6O4. The summed E-state index contributed by atoms with van der Waals surface area (Å²) in [6, 6.07) is 4.59. The SMILES string of the molecule is O=C(O)N1CCN(C(=O)Cn2nc(-c3nc(C4(c5cc(F)ccc5Cl)CC4)no3)cc2C(F)(F)F)CC1. The first-order valence-electron chi connectivity index (χ1n) is 11.2. The van der Waals surface area contributed by atoms with Crippen molar-refractivity contribution in [2.45, 2.75) is 31.0 Å². The van der Waals surface area contributed by atoms with Gasteiger partial charge in [0.05, 0.1) is 5.41 Å². The summed E-state index contributed by atoms with van der Waals surface area (Å²) in [5, 5.41) is 17.1. The minimum atomic E-state index is -4.83. The van der Waals surface area contributed by atoms with Crippen molar-refractivity contribution in [3.05, 3.63) is 52.2 Å². The molecule has 0 radical (unpaired) electrons. The molecule has 15 heteroatoms. The standard InChI is InChI=1S/C22H19ClF4N6O4/c23-14-2-1-12(24)9-13(14)21(3-4-21)19-28-18(37-30-19)15-10-16(22(25,26)27)33(29-15)11-17(34)31-5-7-32(8-6-31)20(35)36/h1-2,9-10H,3-8,11H2,(H,35,36). The van der Waals surface area contributed by atoms with Crippen LogP contribution < -0.4 is 0 Å². The summed E-state index contributed by atoms with van der Waals surface area (Å²) in [4.78, 5) is 30.3. The molecule has 0 spiro atoms. The van der Waals surface area contributed by atoms with Crippen LogP contribution in [0.15, 0.2) is 28.8 Å². The van der Waals surface area contributed by atoms with Gasteiger partial charge in [0.2, 0.25) is 5.91 Å². The van der Waals surface area contributed by atoms with Crippen LogP contribution in [0, 0.1) is 5.82 Å². The number of halogens is 5. The van der Waals surface area contributed by atoms with E-state index in [1.807, 2.05) is 0 Å². The van der Waals surface area contributed by atoms with Gasteiger partial charge in [0.15, 0.2) is 11.5 Å². The number of nitrogens with zero attached hydrogens (tertiary/aromatic N) is 6. The Kier molecular flexibility index (Phi) is 6.09. The number of alkyl halides is 3. The van der Waals surface area contributed by atoms with Crippen LogP contribution in [0.1, 0.15) is 29.9 Å². The summed E-state index contributed by atoms with van der Waals surface area (Å²) in [5.41, 5.74) is -1.83. The smallest absolute Gasteiger partial charge is 0.433 e. The molecule has 196 valence electrons. The number of carboxylic acid groups (broad SMARTS) is 1. The summed E-state index contributed by atoms with van der Waals surface area (Å²) in [6.07, 6.45) is -4.87. The predicted octanol–water partition coefficient (Wildman–Crippen LogP) is 3.65. The number of carbonyl (C=O) groups excluding carboxylic acids is 1. The van der Waals surface area contributed by atoms with E-state index >= 15 is 0 Å². The molecule has 1 aliphatic heterocycles. The van der Waals surface area contributed by atoms with E-state index in [-0.39, 0.29) is 43.6 Å². The zero-order valence-electron chi connectivity index (χ0n) is 19.0. The number of hydrogen-bond donors (Lipinski definition) is 1. The van der Waals surface area contributed by atoms with Crippen molar-refractivity contribution in [1.29, 1.82) is 0 Å². The molecule has 2 aliphatic rings. The van der Waals surface area contributed by atoms with Gasteiger partial charge >= 0.3 is 12.3 Å². The van der Waals surface area contributed by atoms with E-state index < -0.39 is 41.6 Å². The first-order valence-corrected chi connectivity index (χ1v) is 11.6. The zero-order chi connectivity index (χ0) is 26.5. The van der Waals surface area contributed by atoms with E-state index in [4.69, 9.17) is 21.2 Å². The molecule has 1 saturated heterocycles. The lowest BCUT2D eigenvalue weighted by molar-refractivity contribution is -0.146. The van der Waals surface area contributed by atoms with Gasteiger partial charge in [-0.3, -0.25) is 9.48 Å². The molecule has 2 amide bonds. The molecule has 2 aromatic heterocycles. The van der Waals surface area contributed by atoms with Gasteiger partial charge in [-0.05, 0) is 36.6 Å². The van der Waals surface area contributed by atoms with Crippen LogP contribution in [0.3, 0.4) is 0 Å². The van der Waals surface area contributed by atoms with Crippen LogP contribution in [-0.2, 0) is 22.9 Å². The Bertz CT molecular complexity index is 1360. The molecule has 0 atom stereocenters. The van der Waals surface area contributed by atoms with Crippen molar-refractivity contribution in [1.82, 2.24) is 29.7 Å². The number of hydrogen-bond acceptors (Lipinski definition) is 6. The lowest BCUT2D eigenvalue weighted by atomic mass is 9.95. The fourth-order valence-electron chi connectivity index (χ4n) is 4.37. The summed E-state index contributed by atoms with van der Waals surface area (Å²) < 4.78 is 60.8. The van der Waals surface area contributed by atoms with Crippen molar-refractivity contribution in [3.8, 4) is 11.6 Å². The minimum Gasteiger partial charge on any atom is -0.465 e. The Morgan fingerprint density at radius 2 is 1.78 bits per heavy atom. The van der Waals surface area contributed by atoms with Crippen molar-refractivity contribution in [3.63, 3.8) is 0 Å². The molecule has 3 aromatic rings. The highest BCUT2D eigenvalue weighted by molar-refractivity contribution is 6.31. The first-order chi connectivity index (χ1) is 17.5. The molecule has 0 unspecified atom stereocenters. The normalized spacial score (nSPS) is 17.2. The molecule has 0 bridgehead atoms. The van der Waals surface area contributed by atoms with Gasteiger partial charge in [-0.2, -0.15) is 23.3 Å². The molecule has 5 rings (SSSR count). The molecule has 1 N–H and O–H groups in total. The van der Waals surface area contributed by atoms with Gasteiger partial charge in [0, 0.05) is 37.3 Å². The average molecular weight is 543 g/mol. The molecule has 1 aromatic carbocycles. The summed E-state index contributed by atoms with van der Waals surface area (Å²) in [6.45, 7) is -0.499. The van der Waals surface area contributed by atoms with Crippen LogP contribution >= 0.6 is 11.6 Å². The van der Waals surface area contributed by atoms with E-state index in [0.29, 0.717) is 34.2 Å². The summed E-state index contributed by atoms with van der Waals surface area (Å²) in [5.74, 6) is -1.29. The van der Waals surface area contributed by atoms with Gasteiger partial charge < -0.3 is 19.4 Å². The Morgan fingerprint density at radius 3 is 2.41 bits per heavy atom. The van der Waals surface area contributed by atoms with Crippen LogP contribution in [0.25, 0.3) is 11.6 Å². The summed E-state index contributed by atoms with van der Waals surface area (Å²) >= 11 is 6.24. The number of aromatic nitrogens is 4. The monoisotopic (exact) mass is 542 g/mol. The Labute approximate surface area is 211 Å².